The van der Waals surface area contributed by atoms with Crippen LogP contribution in [0, 0.1) is 5.92 Å². The molecule has 5 heteroatoms. The van der Waals surface area contributed by atoms with Crippen LogP contribution in [-0.4, -0.2) is 27.8 Å². The molecule has 0 saturated carbocycles. The average molecular weight is 294 g/mol. The molecule has 2 aromatic rings. The number of aromatic nitrogens is 3. The van der Waals surface area contributed by atoms with E-state index in [-0.39, 0.29) is 0 Å². The zero-order chi connectivity index (χ0) is 14.4. The van der Waals surface area contributed by atoms with Gasteiger partial charge in [-0.1, -0.05) is 12.1 Å². The summed E-state index contributed by atoms with van der Waals surface area (Å²) in [6.45, 7) is 2.90. The van der Waals surface area contributed by atoms with E-state index in [4.69, 9.17) is 16.3 Å². The molecule has 0 aliphatic rings. The smallest absolute Gasteiger partial charge is 0.138 e. The second-order valence-electron chi connectivity index (χ2n) is 4.77. The van der Waals surface area contributed by atoms with Crippen LogP contribution in [0.1, 0.15) is 18.3 Å². The predicted octanol–water partition coefficient (Wildman–Crippen LogP) is 2.95. The van der Waals surface area contributed by atoms with Gasteiger partial charge in [0.2, 0.25) is 0 Å². The Labute approximate surface area is 124 Å². The van der Waals surface area contributed by atoms with E-state index in [9.17, 15) is 0 Å². The lowest BCUT2D eigenvalue weighted by Gasteiger charge is -2.14. The van der Waals surface area contributed by atoms with E-state index in [2.05, 4.69) is 29.1 Å². The number of hydrogen-bond acceptors (Lipinski definition) is 3. The van der Waals surface area contributed by atoms with Crippen molar-refractivity contribution in [1.29, 1.82) is 0 Å². The fourth-order valence-corrected chi connectivity index (χ4v) is 2.50. The quantitative estimate of drug-likeness (QED) is 0.737. The molecular formula is C15H20ClN3O. The third-order valence-corrected chi connectivity index (χ3v) is 3.78. The molecule has 1 aromatic heterocycles. The molecule has 1 heterocycles. The van der Waals surface area contributed by atoms with Gasteiger partial charge in [0.1, 0.15) is 17.9 Å². The summed E-state index contributed by atoms with van der Waals surface area (Å²) in [7, 11) is 1.68. The van der Waals surface area contributed by atoms with E-state index in [0.717, 1.165) is 31.0 Å². The van der Waals surface area contributed by atoms with Crippen LogP contribution in [0.4, 0.5) is 0 Å². The summed E-state index contributed by atoms with van der Waals surface area (Å²) in [6, 6.07) is 8.12. The van der Waals surface area contributed by atoms with E-state index in [0.29, 0.717) is 11.8 Å². The highest BCUT2D eigenvalue weighted by Gasteiger charge is 2.14. The molecule has 0 saturated heterocycles. The number of alkyl halides is 1. The van der Waals surface area contributed by atoms with Crippen LogP contribution >= 0.6 is 11.6 Å². The van der Waals surface area contributed by atoms with Crippen molar-refractivity contribution in [1.82, 2.24) is 14.8 Å². The summed E-state index contributed by atoms with van der Waals surface area (Å²) in [4.78, 5) is 4.32. The highest BCUT2D eigenvalue weighted by atomic mass is 35.5. The third kappa shape index (κ3) is 3.73. The van der Waals surface area contributed by atoms with Gasteiger partial charge in [0, 0.05) is 18.8 Å². The zero-order valence-electron chi connectivity index (χ0n) is 11.9. The lowest BCUT2D eigenvalue weighted by atomic mass is 9.97. The number of ether oxygens (including phenoxy) is 1. The van der Waals surface area contributed by atoms with Crippen LogP contribution in [0.3, 0.4) is 0 Å². The standard InChI is InChI=1S/C15H20ClN3O/c1-3-19-15(17-11-18-19)9-13(10-16)7-12-5-4-6-14(8-12)20-2/h4-6,8,11,13H,3,7,9-10H2,1-2H3. The normalized spacial score (nSPS) is 12.3. The molecule has 2 rings (SSSR count). The second kappa shape index (κ2) is 7.29. The molecule has 1 aromatic carbocycles. The van der Waals surface area contributed by atoms with E-state index in [1.165, 1.54) is 5.56 Å². The summed E-state index contributed by atoms with van der Waals surface area (Å²) in [5, 5.41) is 4.20. The molecule has 1 atom stereocenters. The van der Waals surface area contributed by atoms with Gasteiger partial charge >= 0.3 is 0 Å². The predicted molar refractivity (Wildman–Crippen MR) is 80.3 cm³/mol. The Morgan fingerprint density at radius 2 is 2.20 bits per heavy atom. The molecule has 1 unspecified atom stereocenters. The van der Waals surface area contributed by atoms with E-state index < -0.39 is 0 Å². The maximum Gasteiger partial charge on any atom is 0.138 e. The fraction of sp³-hybridized carbons (Fsp3) is 0.467. The van der Waals surface area contributed by atoms with E-state index in [1.807, 2.05) is 16.8 Å². The summed E-state index contributed by atoms with van der Waals surface area (Å²) in [5.41, 5.74) is 1.23. The van der Waals surface area contributed by atoms with E-state index >= 15 is 0 Å². The molecule has 0 bridgehead atoms. The number of halogens is 1. The highest BCUT2D eigenvalue weighted by molar-refractivity contribution is 6.18. The van der Waals surface area contributed by atoms with Crippen molar-refractivity contribution in [2.45, 2.75) is 26.3 Å². The van der Waals surface area contributed by atoms with Gasteiger partial charge in [-0.25, -0.2) is 4.98 Å². The Hall–Kier alpha value is -1.55. The molecule has 4 nitrogen and oxygen atoms in total. The van der Waals surface area contributed by atoms with Crippen LogP contribution < -0.4 is 4.74 Å². The average Bonchev–Trinajstić information content (AvgIpc) is 2.94. The largest absolute Gasteiger partial charge is 0.497 e. The topological polar surface area (TPSA) is 39.9 Å². The minimum absolute atomic E-state index is 0.346. The van der Waals surface area contributed by atoms with Gasteiger partial charge in [-0.3, -0.25) is 4.68 Å². The maximum absolute atomic E-state index is 6.11. The fourth-order valence-electron chi connectivity index (χ4n) is 2.28. The molecule has 0 N–H and O–H groups in total. The lowest BCUT2D eigenvalue weighted by molar-refractivity contribution is 0.413. The Balaban J connectivity index is 2.05. The van der Waals surface area contributed by atoms with Crippen LogP contribution in [-0.2, 0) is 19.4 Å². The van der Waals surface area contributed by atoms with Gasteiger partial charge in [0.15, 0.2) is 0 Å². The monoisotopic (exact) mass is 293 g/mol. The summed E-state index contributed by atoms with van der Waals surface area (Å²) in [5.74, 6) is 2.83. The molecule has 0 spiro atoms. The summed E-state index contributed by atoms with van der Waals surface area (Å²) in [6.07, 6.45) is 3.36. The van der Waals surface area contributed by atoms with Gasteiger partial charge in [0.05, 0.1) is 7.11 Å². The van der Waals surface area contributed by atoms with Crippen molar-refractivity contribution in [2.75, 3.05) is 13.0 Å². The summed E-state index contributed by atoms with van der Waals surface area (Å²) < 4.78 is 7.17. The first-order valence-electron chi connectivity index (χ1n) is 6.82. The Morgan fingerprint density at radius 1 is 1.35 bits per heavy atom. The molecule has 108 valence electrons. The third-order valence-electron chi connectivity index (χ3n) is 3.34. The van der Waals surface area contributed by atoms with Crippen LogP contribution in [0.2, 0.25) is 0 Å². The molecule has 0 aliphatic heterocycles. The number of aryl methyl sites for hydroxylation is 1. The molecule has 0 radical (unpaired) electrons. The number of benzene rings is 1. The molecule has 0 aliphatic carbocycles. The Bertz CT molecular complexity index is 541. The van der Waals surface area contributed by atoms with Gasteiger partial charge in [-0.05, 0) is 37.0 Å². The van der Waals surface area contributed by atoms with Crippen molar-refractivity contribution in [2.24, 2.45) is 5.92 Å². The van der Waals surface area contributed by atoms with Gasteiger partial charge in [-0.15, -0.1) is 11.6 Å². The van der Waals surface area contributed by atoms with E-state index in [1.54, 1.807) is 13.4 Å². The first kappa shape index (κ1) is 14.9. The number of hydrogen-bond donors (Lipinski definition) is 0. The molecular weight excluding hydrogens is 274 g/mol. The van der Waals surface area contributed by atoms with Crippen LogP contribution in [0.15, 0.2) is 30.6 Å². The van der Waals surface area contributed by atoms with Crippen LogP contribution in [0.25, 0.3) is 0 Å². The molecule has 0 amide bonds. The highest BCUT2D eigenvalue weighted by Crippen LogP contribution is 2.19. The van der Waals surface area contributed by atoms with Crippen molar-refractivity contribution in [3.05, 3.63) is 42.0 Å². The summed E-state index contributed by atoms with van der Waals surface area (Å²) >= 11 is 6.11. The van der Waals surface area contributed by atoms with Crippen molar-refractivity contribution in [3.63, 3.8) is 0 Å². The molecule has 20 heavy (non-hydrogen) atoms. The number of methoxy groups -OCH3 is 1. The SMILES string of the molecule is CCn1ncnc1CC(CCl)Cc1cccc(OC)c1. The van der Waals surface area contributed by atoms with Crippen molar-refractivity contribution in [3.8, 4) is 5.75 Å². The van der Waals surface area contributed by atoms with Crippen molar-refractivity contribution < 1.29 is 4.74 Å². The van der Waals surface area contributed by atoms with Gasteiger partial charge < -0.3 is 4.74 Å². The minimum Gasteiger partial charge on any atom is -0.497 e. The molecule has 0 fully saturated rings. The number of nitrogens with zero attached hydrogens (tertiary/aromatic N) is 3. The van der Waals surface area contributed by atoms with Crippen molar-refractivity contribution >= 4 is 11.6 Å². The lowest BCUT2D eigenvalue weighted by Crippen LogP contribution is -2.14. The first-order valence-corrected chi connectivity index (χ1v) is 7.35. The van der Waals surface area contributed by atoms with Crippen LogP contribution in [0.5, 0.6) is 5.75 Å². The Kier molecular flexibility index (Phi) is 5.41. The first-order chi connectivity index (χ1) is 9.76. The zero-order valence-corrected chi connectivity index (χ0v) is 12.7. The number of rotatable bonds is 7. The van der Waals surface area contributed by atoms with Gasteiger partial charge in [0.25, 0.3) is 0 Å². The van der Waals surface area contributed by atoms with Gasteiger partial charge in [-0.2, -0.15) is 5.10 Å². The second-order valence-corrected chi connectivity index (χ2v) is 5.08. The maximum atomic E-state index is 6.11. The Morgan fingerprint density at radius 3 is 2.90 bits per heavy atom. The minimum atomic E-state index is 0.346.